The second-order valence-electron chi connectivity index (χ2n) is 3.53. The number of fused-ring (bicyclic) bond motifs is 1. The summed E-state index contributed by atoms with van der Waals surface area (Å²) in [5.41, 5.74) is 0. The van der Waals surface area contributed by atoms with Gasteiger partial charge < -0.3 is 9.30 Å². The lowest BCUT2D eigenvalue weighted by atomic mass is 10.4. The zero-order chi connectivity index (χ0) is 12.5. The number of halogens is 3. The van der Waals surface area contributed by atoms with Gasteiger partial charge in [0, 0.05) is 13.1 Å². The summed E-state index contributed by atoms with van der Waals surface area (Å²) in [6.45, 7) is -0.739. The van der Waals surface area contributed by atoms with E-state index < -0.39 is 18.9 Å². The molecule has 1 aromatic rings. The van der Waals surface area contributed by atoms with Crippen molar-refractivity contribution in [3.63, 3.8) is 0 Å². The van der Waals surface area contributed by atoms with Crippen LogP contribution < -0.4 is 0 Å². The molecule has 1 aromatic heterocycles. The van der Waals surface area contributed by atoms with Gasteiger partial charge in [0.2, 0.25) is 0 Å². The average Bonchev–Trinajstić information content (AvgIpc) is 2.71. The van der Waals surface area contributed by atoms with E-state index in [2.05, 4.69) is 14.9 Å². The molecular weight excluding hydrogens is 241 g/mol. The molecule has 0 radical (unpaired) electrons. The Labute approximate surface area is 94.0 Å². The number of carbonyl (C=O) groups is 1. The summed E-state index contributed by atoms with van der Waals surface area (Å²) in [4.78, 5) is 12.5. The first-order valence-electron chi connectivity index (χ1n) is 4.81. The van der Waals surface area contributed by atoms with Crippen LogP contribution in [0.3, 0.4) is 0 Å². The highest BCUT2D eigenvalue weighted by Crippen LogP contribution is 2.16. The van der Waals surface area contributed by atoms with Crippen LogP contribution in [0.25, 0.3) is 0 Å². The zero-order valence-corrected chi connectivity index (χ0v) is 8.65. The number of hydrogen-bond acceptors (Lipinski definition) is 4. The van der Waals surface area contributed by atoms with Crippen molar-refractivity contribution in [3.05, 3.63) is 12.2 Å². The predicted molar refractivity (Wildman–Crippen MR) is 47.8 cm³/mol. The second-order valence-corrected chi connectivity index (χ2v) is 3.53. The minimum absolute atomic E-state index is 0.108. The third kappa shape index (κ3) is 2.86. The van der Waals surface area contributed by atoms with Gasteiger partial charge in [-0.1, -0.05) is 0 Å². The lowest BCUT2D eigenvalue weighted by Gasteiger charge is -2.26. The van der Waals surface area contributed by atoms with Crippen LogP contribution in [0.2, 0.25) is 0 Å². The fourth-order valence-corrected chi connectivity index (χ4v) is 1.46. The van der Waals surface area contributed by atoms with Gasteiger partial charge in [0.05, 0.1) is 6.54 Å². The zero-order valence-electron chi connectivity index (χ0n) is 8.65. The minimum Gasteiger partial charge on any atom is -0.440 e. The van der Waals surface area contributed by atoms with Crippen LogP contribution in [-0.4, -0.2) is 45.1 Å². The Morgan fingerprint density at radius 3 is 2.94 bits per heavy atom. The largest absolute Gasteiger partial charge is 0.440 e. The smallest absolute Gasteiger partial charge is 0.422 e. The van der Waals surface area contributed by atoms with E-state index in [1.807, 2.05) is 0 Å². The number of alkyl halides is 3. The number of ether oxygens (including phenoxy) is 1. The summed E-state index contributed by atoms with van der Waals surface area (Å²) in [6.07, 6.45) is -3.99. The number of carbonyl (C=O) groups excluding carboxylic acids is 1. The van der Waals surface area contributed by atoms with Crippen LogP contribution in [-0.2, 0) is 17.8 Å². The van der Waals surface area contributed by atoms with Crippen molar-refractivity contribution in [1.82, 2.24) is 19.7 Å². The van der Waals surface area contributed by atoms with Crippen molar-refractivity contribution < 1.29 is 22.7 Å². The number of hydrogen-bond donors (Lipinski definition) is 0. The Morgan fingerprint density at radius 2 is 2.24 bits per heavy atom. The molecule has 0 saturated heterocycles. The first kappa shape index (κ1) is 11.7. The summed E-state index contributed by atoms with van der Waals surface area (Å²) in [7, 11) is 0. The van der Waals surface area contributed by atoms with Gasteiger partial charge in [-0.3, -0.25) is 4.90 Å². The Balaban J connectivity index is 1.90. The first-order valence-corrected chi connectivity index (χ1v) is 4.81. The van der Waals surface area contributed by atoms with Crippen molar-refractivity contribution in [1.29, 1.82) is 0 Å². The lowest BCUT2D eigenvalue weighted by molar-refractivity contribution is -0.162. The molecule has 1 amide bonds. The Morgan fingerprint density at radius 1 is 1.47 bits per heavy atom. The SMILES string of the molecule is O=C(OCC(F)(F)F)N1CCn2cnnc2C1. The van der Waals surface area contributed by atoms with Gasteiger partial charge >= 0.3 is 12.3 Å². The minimum atomic E-state index is -4.51. The number of amides is 1. The Bertz CT molecular complexity index is 417. The van der Waals surface area contributed by atoms with Crippen LogP contribution in [0.5, 0.6) is 0 Å². The van der Waals surface area contributed by atoms with Gasteiger partial charge in [-0.25, -0.2) is 4.79 Å². The van der Waals surface area contributed by atoms with Gasteiger partial charge in [0.15, 0.2) is 12.4 Å². The van der Waals surface area contributed by atoms with Crippen molar-refractivity contribution >= 4 is 6.09 Å². The summed E-state index contributed by atoms with van der Waals surface area (Å²) in [6, 6.07) is 0. The van der Waals surface area contributed by atoms with Crippen molar-refractivity contribution in [2.24, 2.45) is 0 Å². The molecule has 17 heavy (non-hydrogen) atoms. The monoisotopic (exact) mass is 250 g/mol. The highest BCUT2D eigenvalue weighted by molar-refractivity contribution is 5.67. The van der Waals surface area contributed by atoms with Crippen molar-refractivity contribution in [3.8, 4) is 0 Å². The summed E-state index contributed by atoms with van der Waals surface area (Å²) in [5, 5.41) is 7.38. The molecule has 0 N–H and O–H groups in total. The molecule has 0 aliphatic carbocycles. The highest BCUT2D eigenvalue weighted by atomic mass is 19.4. The van der Waals surface area contributed by atoms with Crippen LogP contribution in [0.4, 0.5) is 18.0 Å². The fraction of sp³-hybridized carbons (Fsp3) is 0.625. The van der Waals surface area contributed by atoms with Crippen LogP contribution in [0, 0.1) is 0 Å². The number of nitrogens with zero attached hydrogens (tertiary/aromatic N) is 4. The van der Waals surface area contributed by atoms with E-state index in [4.69, 9.17) is 0 Å². The molecule has 6 nitrogen and oxygen atoms in total. The predicted octanol–water partition coefficient (Wildman–Crippen LogP) is 0.793. The number of aromatic nitrogens is 3. The van der Waals surface area contributed by atoms with E-state index in [9.17, 15) is 18.0 Å². The van der Waals surface area contributed by atoms with Crippen molar-refractivity contribution in [2.75, 3.05) is 13.2 Å². The lowest BCUT2D eigenvalue weighted by Crippen LogP contribution is -2.39. The van der Waals surface area contributed by atoms with Crippen LogP contribution >= 0.6 is 0 Å². The van der Waals surface area contributed by atoms with E-state index in [1.54, 1.807) is 4.57 Å². The van der Waals surface area contributed by atoms with Crippen molar-refractivity contribution in [2.45, 2.75) is 19.3 Å². The molecule has 0 unspecified atom stereocenters. The maximum Gasteiger partial charge on any atom is 0.422 e. The molecule has 0 fully saturated rings. The average molecular weight is 250 g/mol. The maximum atomic E-state index is 11.9. The van der Waals surface area contributed by atoms with Gasteiger partial charge in [-0.2, -0.15) is 13.2 Å². The molecular formula is C8H9F3N4O2. The van der Waals surface area contributed by atoms with Crippen LogP contribution in [0.1, 0.15) is 5.82 Å². The molecule has 0 saturated carbocycles. The molecule has 2 heterocycles. The summed E-state index contributed by atoms with van der Waals surface area (Å²) < 4.78 is 41.4. The normalized spacial score (nSPS) is 15.6. The van der Waals surface area contributed by atoms with Gasteiger partial charge in [-0.15, -0.1) is 10.2 Å². The third-order valence-corrected chi connectivity index (χ3v) is 2.26. The summed E-state index contributed by atoms with van der Waals surface area (Å²) in [5.74, 6) is 0.528. The number of rotatable bonds is 1. The van der Waals surface area contributed by atoms with Gasteiger partial charge in [-0.05, 0) is 0 Å². The molecule has 0 aromatic carbocycles. The molecule has 1 aliphatic rings. The molecule has 2 rings (SSSR count). The van der Waals surface area contributed by atoms with Gasteiger partial charge in [0.25, 0.3) is 0 Å². The molecule has 0 atom stereocenters. The highest BCUT2D eigenvalue weighted by Gasteiger charge is 2.31. The first-order chi connectivity index (χ1) is 7.96. The fourth-order valence-electron chi connectivity index (χ4n) is 1.46. The van der Waals surface area contributed by atoms with E-state index in [-0.39, 0.29) is 13.1 Å². The molecule has 1 aliphatic heterocycles. The molecule has 9 heteroatoms. The van der Waals surface area contributed by atoms with E-state index in [0.29, 0.717) is 12.4 Å². The maximum absolute atomic E-state index is 11.9. The molecule has 94 valence electrons. The second kappa shape index (κ2) is 4.22. The van der Waals surface area contributed by atoms with E-state index in [0.717, 1.165) is 4.90 Å². The standard InChI is InChI=1S/C8H9F3N4O2/c9-8(10,11)4-17-7(16)14-1-2-15-5-12-13-6(15)3-14/h5H,1-4H2. The third-order valence-electron chi connectivity index (χ3n) is 2.26. The van der Waals surface area contributed by atoms with Crippen LogP contribution in [0.15, 0.2) is 6.33 Å². The topological polar surface area (TPSA) is 60.2 Å². The Hall–Kier alpha value is -1.80. The Kier molecular flexibility index (Phi) is 2.90. The van der Waals surface area contributed by atoms with E-state index >= 15 is 0 Å². The van der Waals surface area contributed by atoms with E-state index in [1.165, 1.54) is 6.33 Å². The quantitative estimate of drug-likeness (QED) is 0.739. The molecule has 0 spiro atoms. The summed E-state index contributed by atoms with van der Waals surface area (Å²) >= 11 is 0. The van der Waals surface area contributed by atoms with Gasteiger partial charge in [0.1, 0.15) is 6.33 Å². The molecule has 0 bridgehead atoms.